The van der Waals surface area contributed by atoms with E-state index in [0.717, 1.165) is 10.0 Å². The Morgan fingerprint density at radius 3 is 2.33 bits per heavy atom. The second kappa shape index (κ2) is 9.00. The van der Waals surface area contributed by atoms with Crippen LogP contribution in [0.15, 0.2) is 59.1 Å². The average Bonchev–Trinajstić information content (AvgIpc) is 2.69. The van der Waals surface area contributed by atoms with Gasteiger partial charge in [0.2, 0.25) is 5.91 Å². The first-order chi connectivity index (χ1) is 13.0. The third-order valence-electron chi connectivity index (χ3n) is 5.44. The number of halogens is 1. The van der Waals surface area contributed by atoms with Crippen LogP contribution in [0.4, 0.5) is 0 Å². The number of amides is 1. The first kappa shape index (κ1) is 20.1. The molecule has 2 aromatic rings. The van der Waals surface area contributed by atoms with E-state index in [9.17, 15) is 4.79 Å². The minimum absolute atomic E-state index is 0.0934. The fraction of sp³-hybridized carbons (Fsp3) is 0.409. The number of hydrogen-bond acceptors (Lipinski definition) is 3. The maximum absolute atomic E-state index is 13.4. The predicted octanol–water partition coefficient (Wildman–Crippen LogP) is 3.92. The summed E-state index contributed by atoms with van der Waals surface area (Å²) in [6, 6.07) is 18.6. The fourth-order valence-corrected chi connectivity index (χ4v) is 4.03. The fourth-order valence-electron chi connectivity index (χ4n) is 3.77. The third-order valence-corrected chi connectivity index (χ3v) is 5.97. The number of benzene rings is 2. The van der Waals surface area contributed by atoms with Crippen LogP contribution in [0.5, 0.6) is 0 Å². The number of carbonyl (C=O) groups excluding carboxylic acids is 1. The summed E-state index contributed by atoms with van der Waals surface area (Å²) in [5.41, 5.74) is 1.74. The lowest BCUT2D eigenvalue weighted by molar-refractivity contribution is -0.130. The van der Waals surface area contributed by atoms with Gasteiger partial charge in [-0.3, -0.25) is 4.79 Å². The molecule has 0 bridgehead atoms. The highest BCUT2D eigenvalue weighted by atomic mass is 79.9. The summed E-state index contributed by atoms with van der Waals surface area (Å²) < 4.78 is 6.57. The van der Waals surface area contributed by atoms with Gasteiger partial charge >= 0.3 is 0 Å². The van der Waals surface area contributed by atoms with Crippen molar-refractivity contribution in [1.82, 2.24) is 10.2 Å². The van der Waals surface area contributed by atoms with Crippen LogP contribution in [0.25, 0.3) is 0 Å². The normalized spacial score (nSPS) is 17.5. The maximum atomic E-state index is 13.4. The van der Waals surface area contributed by atoms with Gasteiger partial charge in [-0.2, -0.15) is 0 Å². The van der Waals surface area contributed by atoms with Crippen LogP contribution < -0.4 is 5.32 Å². The lowest BCUT2D eigenvalue weighted by atomic mass is 9.73. The van der Waals surface area contributed by atoms with Crippen LogP contribution in [-0.2, 0) is 14.9 Å². The molecule has 5 heteroatoms. The van der Waals surface area contributed by atoms with Crippen molar-refractivity contribution < 1.29 is 9.53 Å². The molecular formula is C22H27BrN2O2. The minimum Gasteiger partial charge on any atom is -0.381 e. The standard InChI is InChI=1S/C22H27BrN2O2/c1-25(2)20(17-6-4-3-5-7-17)16-24-21(26)22(12-14-27-15-13-22)18-8-10-19(23)11-9-18/h3-11,20H,12-16H2,1-2H3,(H,24,26). The van der Waals surface area contributed by atoms with Gasteiger partial charge in [-0.15, -0.1) is 0 Å². The Morgan fingerprint density at radius 1 is 1.11 bits per heavy atom. The summed E-state index contributed by atoms with van der Waals surface area (Å²) in [5, 5.41) is 3.24. The highest BCUT2D eigenvalue weighted by Gasteiger charge is 2.41. The van der Waals surface area contributed by atoms with E-state index < -0.39 is 5.41 Å². The van der Waals surface area contributed by atoms with Crippen LogP contribution in [0.1, 0.15) is 30.0 Å². The van der Waals surface area contributed by atoms with Crippen molar-refractivity contribution in [1.29, 1.82) is 0 Å². The summed E-state index contributed by atoms with van der Waals surface area (Å²) in [7, 11) is 4.09. The molecule has 1 atom stereocenters. The number of nitrogens with zero attached hydrogens (tertiary/aromatic N) is 1. The van der Waals surface area contributed by atoms with E-state index in [2.05, 4.69) is 50.4 Å². The Hall–Kier alpha value is -1.69. The highest BCUT2D eigenvalue weighted by Crippen LogP contribution is 2.36. The topological polar surface area (TPSA) is 41.6 Å². The van der Waals surface area contributed by atoms with Gasteiger partial charge in [0.15, 0.2) is 0 Å². The number of nitrogens with one attached hydrogen (secondary N) is 1. The first-order valence-electron chi connectivity index (χ1n) is 9.36. The monoisotopic (exact) mass is 430 g/mol. The van der Waals surface area contributed by atoms with Crippen molar-refractivity contribution in [2.45, 2.75) is 24.3 Å². The van der Waals surface area contributed by atoms with Gasteiger partial charge in [0, 0.05) is 24.2 Å². The molecular weight excluding hydrogens is 404 g/mol. The second-order valence-electron chi connectivity index (χ2n) is 7.30. The lowest BCUT2D eigenvalue weighted by Crippen LogP contribution is -2.49. The van der Waals surface area contributed by atoms with Gasteiger partial charge in [-0.05, 0) is 50.2 Å². The summed E-state index contributed by atoms with van der Waals surface area (Å²) in [6.07, 6.45) is 1.41. The number of rotatable bonds is 6. The molecule has 4 nitrogen and oxygen atoms in total. The largest absolute Gasteiger partial charge is 0.381 e. The molecule has 0 aromatic heterocycles. The lowest BCUT2D eigenvalue weighted by Gasteiger charge is -2.37. The molecule has 0 aliphatic carbocycles. The zero-order valence-corrected chi connectivity index (χ0v) is 17.5. The Morgan fingerprint density at radius 2 is 1.74 bits per heavy atom. The van der Waals surface area contributed by atoms with Crippen LogP contribution in [0.2, 0.25) is 0 Å². The van der Waals surface area contributed by atoms with Crippen LogP contribution >= 0.6 is 15.9 Å². The Labute approximate surface area is 170 Å². The summed E-state index contributed by atoms with van der Waals surface area (Å²) >= 11 is 3.48. The number of ether oxygens (including phenoxy) is 1. The van der Waals surface area contributed by atoms with E-state index in [4.69, 9.17) is 4.74 Å². The van der Waals surface area contributed by atoms with Crippen molar-refractivity contribution >= 4 is 21.8 Å². The van der Waals surface area contributed by atoms with Crippen molar-refractivity contribution in [3.63, 3.8) is 0 Å². The molecule has 1 unspecified atom stereocenters. The summed E-state index contributed by atoms with van der Waals surface area (Å²) in [5.74, 6) is 0.0934. The molecule has 1 amide bonds. The molecule has 3 rings (SSSR count). The van der Waals surface area contributed by atoms with Gasteiger partial charge in [0.25, 0.3) is 0 Å². The minimum atomic E-state index is -0.521. The molecule has 2 aromatic carbocycles. The van der Waals surface area contributed by atoms with E-state index in [-0.39, 0.29) is 11.9 Å². The molecule has 1 aliphatic rings. The smallest absolute Gasteiger partial charge is 0.230 e. The van der Waals surface area contributed by atoms with Gasteiger partial charge < -0.3 is 15.0 Å². The summed E-state index contributed by atoms with van der Waals surface area (Å²) in [4.78, 5) is 15.5. The van der Waals surface area contributed by atoms with Crippen molar-refractivity contribution in [3.8, 4) is 0 Å². The molecule has 0 spiro atoms. The van der Waals surface area contributed by atoms with E-state index in [1.165, 1.54) is 5.56 Å². The van der Waals surface area contributed by atoms with Crippen molar-refractivity contribution in [3.05, 3.63) is 70.2 Å². The number of hydrogen-bond donors (Lipinski definition) is 1. The number of likely N-dealkylation sites (N-methyl/N-ethyl adjacent to an activating group) is 1. The van der Waals surface area contributed by atoms with Gasteiger partial charge in [-0.1, -0.05) is 58.4 Å². The first-order valence-corrected chi connectivity index (χ1v) is 10.2. The summed E-state index contributed by atoms with van der Waals surface area (Å²) in [6.45, 7) is 1.80. The SMILES string of the molecule is CN(C)C(CNC(=O)C1(c2ccc(Br)cc2)CCOCC1)c1ccccc1. The average molecular weight is 431 g/mol. The van der Waals surface area contributed by atoms with Gasteiger partial charge in [0.1, 0.15) is 0 Å². The van der Waals surface area contributed by atoms with E-state index >= 15 is 0 Å². The van der Waals surface area contributed by atoms with Gasteiger partial charge in [-0.25, -0.2) is 0 Å². The van der Waals surface area contributed by atoms with Crippen LogP contribution in [0, 0.1) is 0 Å². The Kier molecular flexibility index (Phi) is 6.68. The molecule has 0 radical (unpaired) electrons. The molecule has 1 fully saturated rings. The van der Waals surface area contributed by atoms with E-state index in [1.807, 2.05) is 44.4 Å². The van der Waals surface area contributed by atoms with Crippen molar-refractivity contribution in [2.75, 3.05) is 33.9 Å². The predicted molar refractivity (Wildman–Crippen MR) is 112 cm³/mol. The molecule has 1 aliphatic heterocycles. The quantitative estimate of drug-likeness (QED) is 0.754. The molecule has 0 saturated carbocycles. The Bertz CT molecular complexity index is 741. The van der Waals surface area contributed by atoms with Crippen molar-refractivity contribution in [2.24, 2.45) is 0 Å². The van der Waals surface area contributed by atoms with Gasteiger partial charge in [0.05, 0.1) is 11.5 Å². The maximum Gasteiger partial charge on any atom is 0.230 e. The molecule has 1 heterocycles. The van der Waals surface area contributed by atoms with E-state index in [1.54, 1.807) is 0 Å². The highest BCUT2D eigenvalue weighted by molar-refractivity contribution is 9.10. The second-order valence-corrected chi connectivity index (χ2v) is 8.22. The zero-order valence-electron chi connectivity index (χ0n) is 16.0. The van der Waals surface area contributed by atoms with Crippen LogP contribution in [-0.4, -0.2) is 44.7 Å². The molecule has 144 valence electrons. The Balaban J connectivity index is 1.79. The number of carbonyl (C=O) groups is 1. The molecule has 27 heavy (non-hydrogen) atoms. The van der Waals surface area contributed by atoms with E-state index in [0.29, 0.717) is 32.6 Å². The van der Waals surface area contributed by atoms with Crippen LogP contribution in [0.3, 0.4) is 0 Å². The third kappa shape index (κ3) is 4.60. The molecule has 1 N–H and O–H groups in total. The molecule has 1 saturated heterocycles. The zero-order chi connectivity index (χ0) is 19.3.